The summed E-state index contributed by atoms with van der Waals surface area (Å²) in [6.45, 7) is 4.38. The molecule has 194 valence electrons. The topological polar surface area (TPSA) is 57.3 Å². The van der Waals surface area contributed by atoms with E-state index in [1.165, 1.54) is 56.9 Å². The van der Waals surface area contributed by atoms with Crippen molar-refractivity contribution in [3.05, 3.63) is 54.3 Å². The van der Waals surface area contributed by atoms with E-state index in [0.29, 0.717) is 12.3 Å². The second-order valence-electron chi connectivity index (χ2n) is 10.0. The molecule has 3 N–H and O–H groups in total. The Morgan fingerprint density at radius 2 is 1.66 bits per heavy atom. The van der Waals surface area contributed by atoms with Crippen LogP contribution in [0.25, 0.3) is 10.9 Å². The van der Waals surface area contributed by atoms with E-state index in [-0.39, 0.29) is 0 Å². The highest BCUT2D eigenvalue weighted by Gasteiger charge is 2.21. The van der Waals surface area contributed by atoms with Gasteiger partial charge in [0.15, 0.2) is 6.29 Å². The first-order valence-corrected chi connectivity index (χ1v) is 14.2. The third kappa shape index (κ3) is 9.85. The summed E-state index contributed by atoms with van der Waals surface area (Å²) in [6, 6.07) is 6.10. The first-order valence-electron chi connectivity index (χ1n) is 14.2. The average Bonchev–Trinajstić information content (AvgIpc) is 3.32. The van der Waals surface area contributed by atoms with Crippen LogP contribution in [0.3, 0.4) is 0 Å². The van der Waals surface area contributed by atoms with Crippen molar-refractivity contribution in [1.82, 2.24) is 10.3 Å². The lowest BCUT2D eigenvalue weighted by Gasteiger charge is -2.23. The number of aliphatic hydroxyl groups excluding tert-OH is 1. The maximum absolute atomic E-state index is 10.5. The molecule has 1 unspecified atom stereocenters. The van der Waals surface area contributed by atoms with Gasteiger partial charge in [0, 0.05) is 23.5 Å². The number of piperidine rings is 1. The van der Waals surface area contributed by atoms with Crippen LogP contribution in [0.4, 0.5) is 0 Å². The molecule has 1 aromatic heterocycles. The predicted molar refractivity (Wildman–Crippen MR) is 149 cm³/mol. The van der Waals surface area contributed by atoms with E-state index < -0.39 is 6.29 Å². The number of unbranched alkanes of at least 4 members (excludes halogenated alkanes) is 8. The molecule has 3 rings (SSSR count). The van der Waals surface area contributed by atoms with Crippen LogP contribution in [0.5, 0.6) is 5.75 Å². The maximum Gasteiger partial charge on any atom is 0.197 e. The molecule has 0 radical (unpaired) electrons. The maximum atomic E-state index is 10.5. The van der Waals surface area contributed by atoms with E-state index in [0.717, 1.165) is 61.8 Å². The Kier molecular flexibility index (Phi) is 13.1. The molecule has 2 heterocycles. The lowest BCUT2D eigenvalue weighted by atomic mass is 9.90. The van der Waals surface area contributed by atoms with Crippen molar-refractivity contribution in [2.24, 2.45) is 0 Å². The molecular formula is C31H48N2O2. The number of aromatic nitrogens is 1. The highest BCUT2D eigenvalue weighted by molar-refractivity contribution is 5.89. The monoisotopic (exact) mass is 480 g/mol. The largest absolute Gasteiger partial charge is 0.464 e. The number of nitrogens with one attached hydrogen (secondary N) is 2. The first-order chi connectivity index (χ1) is 17.3. The average molecular weight is 481 g/mol. The van der Waals surface area contributed by atoms with E-state index >= 15 is 0 Å². The van der Waals surface area contributed by atoms with Crippen LogP contribution in [-0.2, 0) is 0 Å². The van der Waals surface area contributed by atoms with E-state index in [4.69, 9.17) is 4.74 Å². The standard InChI is InChI=1S/C31H48N2O2/c1-2-3-4-5-6-7-8-9-10-11-12-13-14-15-16-20-30(34)35-29-19-17-18-28-31(29)27(25-33-28)26-21-23-32-24-22-26/h6-7,9-10,17-19,25-26,30,32-34H,2-5,8,11-16,20-24H2,1H3/b7-6-,10-9-. The number of rotatable bonds is 17. The van der Waals surface area contributed by atoms with Crippen LogP contribution in [0.15, 0.2) is 48.7 Å². The van der Waals surface area contributed by atoms with Gasteiger partial charge in [0.25, 0.3) is 0 Å². The van der Waals surface area contributed by atoms with Crippen molar-refractivity contribution in [2.45, 2.75) is 109 Å². The molecule has 4 heteroatoms. The Morgan fingerprint density at radius 3 is 2.43 bits per heavy atom. The molecule has 0 spiro atoms. The van der Waals surface area contributed by atoms with Crippen LogP contribution in [0.1, 0.15) is 108 Å². The van der Waals surface area contributed by atoms with Gasteiger partial charge in [-0.05, 0) is 88.1 Å². The lowest BCUT2D eigenvalue weighted by Crippen LogP contribution is -2.26. The minimum absolute atomic E-state index is 0.550. The van der Waals surface area contributed by atoms with E-state index in [2.05, 4.69) is 53.8 Å². The molecule has 1 aliphatic rings. The highest BCUT2D eigenvalue weighted by Crippen LogP contribution is 2.37. The van der Waals surface area contributed by atoms with E-state index in [9.17, 15) is 5.11 Å². The summed E-state index contributed by atoms with van der Waals surface area (Å²) in [6.07, 6.45) is 27.0. The summed E-state index contributed by atoms with van der Waals surface area (Å²) in [4.78, 5) is 3.41. The number of allylic oxidation sites excluding steroid dienone is 4. The Morgan fingerprint density at radius 1 is 0.943 bits per heavy atom. The summed E-state index contributed by atoms with van der Waals surface area (Å²) in [5, 5.41) is 15.1. The van der Waals surface area contributed by atoms with Crippen LogP contribution < -0.4 is 10.1 Å². The van der Waals surface area contributed by atoms with Gasteiger partial charge in [0.1, 0.15) is 5.75 Å². The van der Waals surface area contributed by atoms with Crippen molar-refractivity contribution < 1.29 is 9.84 Å². The highest BCUT2D eigenvalue weighted by atomic mass is 16.6. The zero-order valence-corrected chi connectivity index (χ0v) is 21.9. The van der Waals surface area contributed by atoms with Gasteiger partial charge >= 0.3 is 0 Å². The third-order valence-corrected chi connectivity index (χ3v) is 7.14. The number of hydrogen-bond donors (Lipinski definition) is 3. The predicted octanol–water partition coefficient (Wildman–Crippen LogP) is 8.15. The van der Waals surface area contributed by atoms with Gasteiger partial charge in [-0.25, -0.2) is 0 Å². The molecule has 2 aromatic rings. The van der Waals surface area contributed by atoms with Crippen molar-refractivity contribution in [3.8, 4) is 5.75 Å². The number of ether oxygens (including phenoxy) is 1. The fourth-order valence-corrected chi connectivity index (χ4v) is 5.07. The molecule has 35 heavy (non-hydrogen) atoms. The quantitative estimate of drug-likeness (QED) is 0.122. The molecule has 1 atom stereocenters. The molecule has 1 aromatic carbocycles. The SMILES string of the molecule is CCCCC/C=C\C/C=C\CCCCCCCC(O)Oc1cccc2[nH]cc(C3CCNCC3)c12. The molecular weight excluding hydrogens is 432 g/mol. The third-order valence-electron chi connectivity index (χ3n) is 7.14. The minimum atomic E-state index is -0.741. The van der Waals surface area contributed by atoms with Crippen LogP contribution in [0.2, 0.25) is 0 Å². The Labute approximate surface area is 213 Å². The summed E-state index contributed by atoms with van der Waals surface area (Å²) in [5.74, 6) is 1.36. The number of aliphatic hydroxyl groups is 1. The number of hydrogen-bond acceptors (Lipinski definition) is 3. The van der Waals surface area contributed by atoms with Gasteiger partial charge in [-0.3, -0.25) is 0 Å². The molecule has 4 nitrogen and oxygen atoms in total. The molecule has 0 saturated carbocycles. The summed E-state index contributed by atoms with van der Waals surface area (Å²) in [5.41, 5.74) is 2.43. The number of H-pyrrole nitrogens is 1. The van der Waals surface area contributed by atoms with Crippen molar-refractivity contribution in [2.75, 3.05) is 13.1 Å². The van der Waals surface area contributed by atoms with Gasteiger partial charge in [-0.2, -0.15) is 0 Å². The summed E-state index contributed by atoms with van der Waals surface area (Å²) >= 11 is 0. The second kappa shape index (κ2) is 16.6. The van der Waals surface area contributed by atoms with Crippen LogP contribution in [-0.4, -0.2) is 29.5 Å². The fraction of sp³-hybridized carbons (Fsp3) is 0.613. The van der Waals surface area contributed by atoms with Crippen LogP contribution in [0, 0.1) is 0 Å². The number of fused-ring (bicyclic) bond motifs is 1. The molecule has 0 amide bonds. The molecule has 1 saturated heterocycles. The van der Waals surface area contributed by atoms with Crippen molar-refractivity contribution in [3.63, 3.8) is 0 Å². The zero-order chi connectivity index (χ0) is 24.6. The zero-order valence-electron chi connectivity index (χ0n) is 21.9. The van der Waals surface area contributed by atoms with Gasteiger partial charge < -0.3 is 20.1 Å². The van der Waals surface area contributed by atoms with E-state index in [1.807, 2.05) is 12.1 Å². The Balaban J connectivity index is 1.28. The fourth-order valence-electron chi connectivity index (χ4n) is 5.07. The van der Waals surface area contributed by atoms with Gasteiger partial charge in [-0.15, -0.1) is 0 Å². The molecule has 1 aliphatic heterocycles. The summed E-state index contributed by atoms with van der Waals surface area (Å²) < 4.78 is 6.04. The number of aromatic amines is 1. The van der Waals surface area contributed by atoms with Crippen molar-refractivity contribution in [1.29, 1.82) is 0 Å². The molecule has 1 fully saturated rings. The van der Waals surface area contributed by atoms with Gasteiger partial charge in [0.2, 0.25) is 0 Å². The van der Waals surface area contributed by atoms with Gasteiger partial charge in [0.05, 0.1) is 0 Å². The molecule has 0 aliphatic carbocycles. The second-order valence-corrected chi connectivity index (χ2v) is 10.0. The Bertz CT molecular complexity index is 879. The molecule has 0 bridgehead atoms. The lowest BCUT2D eigenvalue weighted by molar-refractivity contribution is -0.0235. The summed E-state index contributed by atoms with van der Waals surface area (Å²) in [7, 11) is 0. The van der Waals surface area contributed by atoms with Crippen LogP contribution >= 0.6 is 0 Å². The van der Waals surface area contributed by atoms with E-state index in [1.54, 1.807) is 0 Å². The minimum Gasteiger partial charge on any atom is -0.464 e. The smallest absolute Gasteiger partial charge is 0.197 e. The Hall–Kier alpha value is -2.04. The van der Waals surface area contributed by atoms with Gasteiger partial charge in [-0.1, -0.05) is 69.4 Å². The number of benzene rings is 1. The first kappa shape index (κ1) is 27.5. The van der Waals surface area contributed by atoms with Crippen molar-refractivity contribution >= 4 is 10.9 Å². The normalized spacial score (nSPS) is 16.1.